The van der Waals surface area contributed by atoms with Crippen molar-refractivity contribution >= 4 is 15.9 Å². The predicted molar refractivity (Wildman–Crippen MR) is 161 cm³/mol. The van der Waals surface area contributed by atoms with Crippen LogP contribution in [0.5, 0.6) is 11.5 Å². The molecule has 0 bridgehead atoms. The third-order valence-corrected chi connectivity index (χ3v) is 10.7. The van der Waals surface area contributed by atoms with Gasteiger partial charge in [0.1, 0.15) is 11.5 Å². The summed E-state index contributed by atoms with van der Waals surface area (Å²) in [5.74, 6) is 0.965. The number of amides is 1. The highest BCUT2D eigenvalue weighted by atomic mass is 32.2. The summed E-state index contributed by atoms with van der Waals surface area (Å²) in [6, 6.07) is 19.7. The molecular formula is C33H38N2O7S. The van der Waals surface area contributed by atoms with Gasteiger partial charge in [0.25, 0.3) is 5.91 Å². The number of carbonyl (C=O) groups is 1. The van der Waals surface area contributed by atoms with Crippen LogP contribution in [0.15, 0.2) is 71.6 Å². The Morgan fingerprint density at radius 3 is 2.21 bits per heavy atom. The van der Waals surface area contributed by atoms with Crippen molar-refractivity contribution < 1.29 is 32.5 Å². The fourth-order valence-electron chi connectivity index (χ4n) is 6.22. The molecule has 3 fully saturated rings. The molecule has 43 heavy (non-hydrogen) atoms. The maximum Gasteiger partial charge on any atom is 0.253 e. The molecule has 3 aromatic rings. The lowest BCUT2D eigenvalue weighted by molar-refractivity contribution is -0.178. The number of carbonyl (C=O) groups excluding carboxylic acids is 1. The van der Waals surface area contributed by atoms with E-state index in [9.17, 15) is 18.3 Å². The molecule has 1 saturated carbocycles. The number of aliphatic hydroxyl groups is 1. The highest BCUT2D eigenvalue weighted by Crippen LogP contribution is 2.43. The molecule has 1 N–H and O–H groups in total. The smallest absolute Gasteiger partial charge is 0.253 e. The number of hydrogen-bond donors (Lipinski definition) is 1. The minimum atomic E-state index is -3.60. The van der Waals surface area contributed by atoms with E-state index in [1.807, 2.05) is 19.1 Å². The summed E-state index contributed by atoms with van der Waals surface area (Å²) in [6.07, 6.45) is 3.69. The SMILES string of the molecule is Cc1ccc(S(=O)(=O)N2CCN(C(=O)c3ccc(Oc4ccc(C5CCC6(CC5)OCCO6)cc4CO)cc3)CC2)cc1. The lowest BCUT2D eigenvalue weighted by Gasteiger charge is -2.35. The Labute approximate surface area is 253 Å². The van der Waals surface area contributed by atoms with Crippen LogP contribution in [0.2, 0.25) is 0 Å². The summed E-state index contributed by atoms with van der Waals surface area (Å²) < 4.78 is 45.3. The molecule has 9 nitrogen and oxygen atoms in total. The summed E-state index contributed by atoms with van der Waals surface area (Å²) in [7, 11) is -3.60. The Hall–Kier alpha value is -3.28. The van der Waals surface area contributed by atoms with Gasteiger partial charge in [-0.1, -0.05) is 23.8 Å². The number of aliphatic hydroxyl groups excluding tert-OH is 1. The second-order valence-electron chi connectivity index (χ2n) is 11.5. The van der Waals surface area contributed by atoms with E-state index in [0.29, 0.717) is 54.8 Å². The molecule has 6 rings (SSSR count). The number of piperazine rings is 1. The molecule has 1 aliphatic carbocycles. The van der Waals surface area contributed by atoms with Crippen molar-refractivity contribution in [2.24, 2.45) is 0 Å². The van der Waals surface area contributed by atoms with Crippen LogP contribution in [0.3, 0.4) is 0 Å². The van der Waals surface area contributed by atoms with Crippen molar-refractivity contribution in [2.45, 2.75) is 55.8 Å². The molecule has 1 spiro atoms. The van der Waals surface area contributed by atoms with E-state index in [1.165, 1.54) is 9.87 Å². The number of ether oxygens (including phenoxy) is 3. The molecule has 0 aromatic heterocycles. The van der Waals surface area contributed by atoms with Crippen molar-refractivity contribution in [1.82, 2.24) is 9.21 Å². The van der Waals surface area contributed by atoms with Gasteiger partial charge in [0, 0.05) is 50.1 Å². The van der Waals surface area contributed by atoms with Crippen molar-refractivity contribution in [2.75, 3.05) is 39.4 Å². The minimum Gasteiger partial charge on any atom is -0.457 e. The van der Waals surface area contributed by atoms with Crippen LogP contribution in [-0.4, -0.2) is 73.8 Å². The largest absolute Gasteiger partial charge is 0.457 e. The predicted octanol–water partition coefficient (Wildman–Crippen LogP) is 4.83. The molecule has 3 aliphatic rings. The first-order valence-electron chi connectivity index (χ1n) is 14.9. The van der Waals surface area contributed by atoms with Gasteiger partial charge in [0.15, 0.2) is 5.79 Å². The van der Waals surface area contributed by atoms with Crippen molar-refractivity contribution in [1.29, 1.82) is 0 Å². The van der Waals surface area contributed by atoms with Crippen LogP contribution in [0.4, 0.5) is 0 Å². The van der Waals surface area contributed by atoms with E-state index >= 15 is 0 Å². The summed E-state index contributed by atoms with van der Waals surface area (Å²) in [5.41, 5.74) is 3.39. The first kappa shape index (κ1) is 29.8. The van der Waals surface area contributed by atoms with Gasteiger partial charge in [-0.25, -0.2) is 8.42 Å². The maximum atomic E-state index is 13.2. The number of nitrogens with zero attached hydrogens (tertiary/aromatic N) is 2. The number of sulfonamides is 1. The van der Waals surface area contributed by atoms with Gasteiger partial charge in [0.05, 0.1) is 24.7 Å². The van der Waals surface area contributed by atoms with Crippen LogP contribution in [-0.2, 0) is 26.1 Å². The zero-order valence-corrected chi connectivity index (χ0v) is 25.2. The van der Waals surface area contributed by atoms with Gasteiger partial charge >= 0.3 is 0 Å². The molecule has 228 valence electrons. The Morgan fingerprint density at radius 1 is 0.930 bits per heavy atom. The Kier molecular flexibility index (Phi) is 8.57. The monoisotopic (exact) mass is 606 g/mol. The van der Waals surface area contributed by atoms with Gasteiger partial charge in [-0.2, -0.15) is 4.31 Å². The highest BCUT2D eigenvalue weighted by molar-refractivity contribution is 7.89. The van der Waals surface area contributed by atoms with E-state index in [4.69, 9.17) is 14.2 Å². The van der Waals surface area contributed by atoms with E-state index in [0.717, 1.165) is 31.2 Å². The Bertz CT molecular complexity index is 1530. The second kappa shape index (κ2) is 12.4. The van der Waals surface area contributed by atoms with E-state index in [2.05, 4.69) is 6.07 Å². The number of rotatable bonds is 7. The van der Waals surface area contributed by atoms with Gasteiger partial charge < -0.3 is 24.2 Å². The van der Waals surface area contributed by atoms with Crippen molar-refractivity contribution in [3.8, 4) is 11.5 Å². The molecule has 2 heterocycles. The Morgan fingerprint density at radius 2 is 1.58 bits per heavy atom. The zero-order valence-electron chi connectivity index (χ0n) is 24.4. The van der Waals surface area contributed by atoms with Crippen LogP contribution < -0.4 is 4.74 Å². The lowest BCUT2D eigenvalue weighted by atomic mass is 9.80. The first-order valence-corrected chi connectivity index (χ1v) is 16.4. The standard InChI is InChI=1S/C33H38N2O7S/c1-24-2-9-30(10-3-24)43(38,39)35-18-16-34(17-19-35)32(37)26-4-7-29(8-5-26)42-31-11-6-27(22-28(31)23-36)25-12-14-33(15-13-25)40-20-21-41-33/h2-11,22,25,36H,12-21,23H2,1H3. The molecule has 10 heteroatoms. The van der Waals surface area contributed by atoms with E-state index < -0.39 is 15.8 Å². The van der Waals surface area contributed by atoms with Crippen LogP contribution in [0, 0.1) is 6.92 Å². The van der Waals surface area contributed by atoms with Crippen LogP contribution >= 0.6 is 0 Å². The fraction of sp³-hybridized carbons (Fsp3) is 0.424. The Balaban J connectivity index is 1.05. The normalized spacial score (nSPS) is 19.5. The summed E-state index contributed by atoms with van der Waals surface area (Å²) >= 11 is 0. The summed E-state index contributed by atoms with van der Waals surface area (Å²) in [4.78, 5) is 15.1. The topological polar surface area (TPSA) is 106 Å². The van der Waals surface area contributed by atoms with Crippen LogP contribution in [0.25, 0.3) is 0 Å². The average Bonchev–Trinajstić information content (AvgIpc) is 3.49. The molecule has 0 atom stereocenters. The summed E-state index contributed by atoms with van der Waals surface area (Å²) in [5, 5.41) is 10.1. The van der Waals surface area contributed by atoms with Gasteiger partial charge in [-0.15, -0.1) is 0 Å². The highest BCUT2D eigenvalue weighted by Gasteiger charge is 2.40. The van der Waals surface area contributed by atoms with Gasteiger partial charge in [-0.3, -0.25) is 4.79 Å². The third-order valence-electron chi connectivity index (χ3n) is 8.80. The quantitative estimate of drug-likeness (QED) is 0.411. The van der Waals surface area contributed by atoms with E-state index in [-0.39, 0.29) is 30.5 Å². The third kappa shape index (κ3) is 6.34. The van der Waals surface area contributed by atoms with Gasteiger partial charge in [0.2, 0.25) is 10.0 Å². The summed E-state index contributed by atoms with van der Waals surface area (Å²) in [6.45, 7) is 4.22. The average molecular weight is 607 g/mol. The molecule has 2 aliphatic heterocycles. The van der Waals surface area contributed by atoms with Crippen LogP contribution in [0.1, 0.15) is 58.6 Å². The molecular weight excluding hydrogens is 568 g/mol. The molecule has 0 radical (unpaired) electrons. The van der Waals surface area contributed by atoms with Gasteiger partial charge in [-0.05, 0) is 79.8 Å². The lowest BCUT2D eigenvalue weighted by Crippen LogP contribution is -2.50. The van der Waals surface area contributed by atoms with E-state index in [1.54, 1.807) is 53.4 Å². The van der Waals surface area contributed by atoms with Crippen molar-refractivity contribution in [3.63, 3.8) is 0 Å². The molecule has 0 unspecified atom stereocenters. The maximum absolute atomic E-state index is 13.2. The zero-order chi connectivity index (χ0) is 30.0. The first-order chi connectivity index (χ1) is 20.8. The fourth-order valence-corrected chi connectivity index (χ4v) is 7.64. The second-order valence-corrected chi connectivity index (χ2v) is 13.5. The van der Waals surface area contributed by atoms with Crippen molar-refractivity contribution in [3.05, 3.63) is 89.0 Å². The molecule has 3 aromatic carbocycles. The molecule has 1 amide bonds. The minimum absolute atomic E-state index is 0.145. The molecule has 2 saturated heterocycles. The number of aryl methyl sites for hydroxylation is 1. The number of hydrogen-bond acceptors (Lipinski definition) is 7. The number of benzene rings is 3.